The van der Waals surface area contributed by atoms with Gasteiger partial charge >= 0.3 is 59.1 Å². The van der Waals surface area contributed by atoms with Crippen LogP contribution in [0.1, 0.15) is 11.1 Å². The molecule has 0 atom stereocenters. The molecule has 2 aliphatic rings. The van der Waals surface area contributed by atoms with E-state index in [4.69, 9.17) is 20.9 Å². The van der Waals surface area contributed by atoms with Gasteiger partial charge in [-0.05, 0) is 35.4 Å². The number of morpholine rings is 2. The van der Waals surface area contributed by atoms with Gasteiger partial charge in [-0.3, -0.25) is 0 Å². The second-order valence-electron chi connectivity index (χ2n) is 10.8. The molecule has 6 rings (SSSR count). The van der Waals surface area contributed by atoms with Crippen molar-refractivity contribution in [3.8, 4) is 0 Å². The van der Waals surface area contributed by atoms with Crippen molar-refractivity contribution in [1.29, 1.82) is 0 Å². The molecule has 0 amide bonds. The third-order valence-corrected chi connectivity index (χ3v) is 9.17. The van der Waals surface area contributed by atoms with Gasteiger partial charge in [-0.2, -0.15) is 29.9 Å². The Morgan fingerprint density at radius 3 is 1.33 bits per heavy atom. The molecule has 6 N–H and O–H groups in total. The minimum absolute atomic E-state index is 0. The van der Waals surface area contributed by atoms with Gasteiger partial charge in [0.1, 0.15) is 20.2 Å². The number of nitrogens with zero attached hydrogens (tertiary/aromatic N) is 8. The van der Waals surface area contributed by atoms with Gasteiger partial charge in [0.2, 0.25) is 35.7 Å². The fourth-order valence-corrected chi connectivity index (χ4v) is 6.45. The van der Waals surface area contributed by atoms with E-state index in [1.807, 2.05) is 9.80 Å². The van der Waals surface area contributed by atoms with Gasteiger partial charge in [-0.15, -0.1) is 0 Å². The monoisotopic (exact) mass is 772 g/mol. The zero-order valence-corrected chi connectivity index (χ0v) is 33.7. The molecule has 0 aliphatic carbocycles. The van der Waals surface area contributed by atoms with Crippen molar-refractivity contribution >= 4 is 79.5 Å². The third-order valence-electron chi connectivity index (χ3n) is 7.39. The van der Waals surface area contributed by atoms with Crippen LogP contribution in [0.15, 0.2) is 46.2 Å². The number of anilines is 8. The average Bonchev–Trinajstić information content (AvgIpc) is 3.07. The molecular weight excluding hydrogens is 742 g/mol. The Balaban J connectivity index is 0.00000302. The van der Waals surface area contributed by atoms with Gasteiger partial charge < -0.3 is 50.5 Å². The molecule has 2 saturated heterocycles. The molecule has 52 heavy (non-hydrogen) atoms. The van der Waals surface area contributed by atoms with E-state index in [0.29, 0.717) is 64.5 Å². The molecule has 0 radical (unpaired) electrons. The number of aromatic nitrogens is 6. The van der Waals surface area contributed by atoms with Crippen LogP contribution in [0.2, 0.25) is 0 Å². The van der Waals surface area contributed by atoms with E-state index in [2.05, 4.69) is 40.5 Å². The largest absolute Gasteiger partial charge is 1.00 e. The molecule has 264 valence electrons. The summed E-state index contributed by atoms with van der Waals surface area (Å²) in [7, 11) is -10.1. The maximum atomic E-state index is 12.3. The molecular formula is C28H30N12Na2O8S2. The summed E-state index contributed by atoms with van der Waals surface area (Å²) in [5.41, 5.74) is 11.9. The van der Waals surface area contributed by atoms with Gasteiger partial charge in [0, 0.05) is 37.6 Å². The van der Waals surface area contributed by atoms with Gasteiger partial charge in [0.25, 0.3) is 0 Å². The first-order valence-corrected chi connectivity index (χ1v) is 17.7. The van der Waals surface area contributed by atoms with Crippen LogP contribution < -0.4 is 91.0 Å². The summed E-state index contributed by atoms with van der Waals surface area (Å²) >= 11 is 0. The number of hydrogen-bond acceptors (Lipinski definition) is 20. The zero-order valence-electron chi connectivity index (χ0n) is 28.1. The molecule has 2 fully saturated rings. The summed E-state index contributed by atoms with van der Waals surface area (Å²) < 4.78 is 84.4. The summed E-state index contributed by atoms with van der Waals surface area (Å²) in [5, 5.41) is 5.67. The van der Waals surface area contributed by atoms with Gasteiger partial charge in [0.05, 0.1) is 36.2 Å². The van der Waals surface area contributed by atoms with Crippen LogP contribution in [0.25, 0.3) is 12.2 Å². The summed E-state index contributed by atoms with van der Waals surface area (Å²) in [5.74, 6) is 0.432. The standard InChI is InChI=1S/C28H32N12O8S2.2Na/c29-23-33-25(37-27(35-23)39-7-11-47-12-8-39)31-19-5-3-17(21(15-19)49(41,42)43)1-2-18-4-6-20(16-22(18)50(44,45)46)32-26-34-24(30)36-28(38-26)40-9-13-48-14-10-40;;/h1-6,15-16H,7-14H2,(H,41,42,43)(H,44,45,46)(H3,29,31,33,35,37)(H3,30,32,34,36,38);;/q;2*+1/p-2/b2-1+;;. The van der Waals surface area contributed by atoms with Crippen LogP contribution in [-0.2, 0) is 29.7 Å². The van der Waals surface area contributed by atoms with Crippen LogP contribution >= 0.6 is 0 Å². The molecule has 20 nitrogen and oxygen atoms in total. The topological polar surface area (TPSA) is 293 Å². The molecule has 0 unspecified atom stereocenters. The number of nitrogens with two attached hydrogens (primary N) is 2. The van der Waals surface area contributed by atoms with Crippen molar-refractivity contribution < 1.29 is 94.5 Å². The number of benzene rings is 2. The predicted octanol–water partition coefficient (Wildman–Crippen LogP) is -5.63. The molecule has 2 aliphatic heterocycles. The smallest absolute Gasteiger partial charge is 0.744 e. The van der Waals surface area contributed by atoms with Crippen molar-refractivity contribution in [2.75, 3.05) is 84.5 Å². The van der Waals surface area contributed by atoms with E-state index in [9.17, 15) is 25.9 Å². The number of nitrogens with one attached hydrogen (secondary N) is 2. The molecule has 0 bridgehead atoms. The summed E-state index contributed by atoms with van der Waals surface area (Å²) in [6.45, 7) is 4.02. The van der Waals surface area contributed by atoms with Crippen molar-refractivity contribution in [1.82, 2.24) is 29.9 Å². The molecule has 0 spiro atoms. The minimum atomic E-state index is -5.05. The summed E-state index contributed by atoms with van der Waals surface area (Å²) in [6, 6.07) is 7.67. The molecule has 24 heteroatoms. The van der Waals surface area contributed by atoms with E-state index < -0.39 is 30.0 Å². The molecule has 2 aromatic heterocycles. The van der Waals surface area contributed by atoms with Crippen molar-refractivity contribution in [2.24, 2.45) is 0 Å². The maximum Gasteiger partial charge on any atom is 1.00 e. The second-order valence-corrected chi connectivity index (χ2v) is 13.5. The average molecular weight is 773 g/mol. The van der Waals surface area contributed by atoms with Crippen molar-refractivity contribution in [3.05, 3.63) is 47.5 Å². The van der Waals surface area contributed by atoms with E-state index in [1.165, 1.54) is 36.4 Å². The summed E-state index contributed by atoms with van der Waals surface area (Å²) in [4.78, 5) is 27.5. The van der Waals surface area contributed by atoms with Crippen LogP contribution in [0.5, 0.6) is 0 Å². The van der Waals surface area contributed by atoms with Gasteiger partial charge in [-0.25, -0.2) is 16.8 Å². The fraction of sp³-hybridized carbons (Fsp3) is 0.286. The predicted molar refractivity (Wildman–Crippen MR) is 179 cm³/mol. The van der Waals surface area contributed by atoms with Crippen LogP contribution in [0, 0.1) is 0 Å². The first-order valence-electron chi connectivity index (χ1n) is 14.9. The third kappa shape index (κ3) is 10.7. The Bertz CT molecular complexity index is 2000. The molecule has 4 aromatic rings. The second kappa shape index (κ2) is 17.7. The Morgan fingerprint density at radius 1 is 0.615 bits per heavy atom. The molecule has 2 aromatic carbocycles. The van der Waals surface area contributed by atoms with Crippen LogP contribution in [-0.4, -0.2) is 108 Å². The van der Waals surface area contributed by atoms with E-state index in [1.54, 1.807) is 0 Å². The summed E-state index contributed by atoms with van der Waals surface area (Å²) in [6.07, 6.45) is 2.40. The Morgan fingerprint density at radius 2 is 0.981 bits per heavy atom. The SMILES string of the molecule is Nc1nc(Nc2ccc(/C=C/c3ccc(Nc4nc(N)nc(N5CCOCC5)n4)cc3S(=O)(=O)[O-])c(S(=O)(=O)[O-])c2)nc(N2CCOCC2)n1.[Na+].[Na+]. The fourth-order valence-electron chi connectivity index (χ4n) is 5.05. The number of ether oxygens (including phenoxy) is 2. The first-order chi connectivity index (χ1) is 23.8. The van der Waals surface area contributed by atoms with Gasteiger partial charge in [0.15, 0.2) is 0 Å². The number of rotatable bonds is 10. The van der Waals surface area contributed by atoms with E-state index in [-0.39, 0.29) is 105 Å². The Kier molecular flexibility index (Phi) is 14.1. The zero-order chi connectivity index (χ0) is 35.5. The number of nitrogen functional groups attached to an aromatic ring is 2. The Labute approximate surface area is 342 Å². The van der Waals surface area contributed by atoms with Crippen LogP contribution in [0.3, 0.4) is 0 Å². The minimum Gasteiger partial charge on any atom is -0.744 e. The molecule has 4 heterocycles. The first kappa shape index (κ1) is 41.5. The van der Waals surface area contributed by atoms with Gasteiger partial charge in [-0.1, -0.05) is 24.3 Å². The quantitative estimate of drug-likeness (QED) is 0.0664. The van der Waals surface area contributed by atoms with E-state index >= 15 is 0 Å². The van der Waals surface area contributed by atoms with Crippen molar-refractivity contribution in [3.63, 3.8) is 0 Å². The number of hydrogen-bond donors (Lipinski definition) is 4. The normalized spacial score (nSPS) is 15.1. The molecule has 0 saturated carbocycles. The maximum absolute atomic E-state index is 12.3. The van der Waals surface area contributed by atoms with Crippen molar-refractivity contribution in [2.45, 2.75) is 9.79 Å². The van der Waals surface area contributed by atoms with E-state index in [0.717, 1.165) is 12.1 Å². The Hall–Kier alpha value is -3.26. The van der Waals surface area contributed by atoms with Crippen LogP contribution in [0.4, 0.5) is 47.1 Å².